The van der Waals surface area contributed by atoms with Crippen LogP contribution >= 0.6 is 0 Å². The lowest BCUT2D eigenvalue weighted by atomic mass is 9.99. The van der Waals surface area contributed by atoms with Crippen LogP contribution in [0.4, 0.5) is 0 Å². The summed E-state index contributed by atoms with van der Waals surface area (Å²) in [6, 6.07) is 19.6. The fourth-order valence-corrected chi connectivity index (χ4v) is 5.24. The van der Waals surface area contributed by atoms with Crippen molar-refractivity contribution >= 4 is 26.7 Å². The third-order valence-corrected chi connectivity index (χ3v) is 7.52. The molecule has 1 fully saturated rings. The van der Waals surface area contributed by atoms with Gasteiger partial charge in [-0.2, -0.15) is 4.31 Å². The van der Waals surface area contributed by atoms with Gasteiger partial charge >= 0.3 is 0 Å². The minimum Gasteiger partial charge on any atom is -0.388 e. The molecule has 1 aliphatic heterocycles. The van der Waals surface area contributed by atoms with Gasteiger partial charge < -0.3 is 15.2 Å². The Kier molecular flexibility index (Phi) is 6.86. The number of sulfonamides is 1. The Morgan fingerprint density at radius 2 is 1.69 bits per heavy atom. The summed E-state index contributed by atoms with van der Waals surface area (Å²) in [5.74, 6) is -0.314. The maximum Gasteiger partial charge on any atom is 0.251 e. The summed E-state index contributed by atoms with van der Waals surface area (Å²) in [6.45, 7) is 1.69. The van der Waals surface area contributed by atoms with E-state index >= 15 is 0 Å². The number of hydrogen-bond acceptors (Lipinski definition) is 5. The number of nitrogens with zero attached hydrogens (tertiary/aromatic N) is 1. The number of ether oxygens (including phenoxy) is 1. The van der Waals surface area contributed by atoms with Crippen LogP contribution in [0.25, 0.3) is 10.8 Å². The molecule has 1 heterocycles. The Morgan fingerprint density at radius 1 is 1.00 bits per heavy atom. The summed E-state index contributed by atoms with van der Waals surface area (Å²) in [7, 11) is -3.59. The zero-order valence-corrected chi connectivity index (χ0v) is 18.4. The summed E-state index contributed by atoms with van der Waals surface area (Å²) in [4.78, 5) is 12.6. The lowest BCUT2D eigenvalue weighted by molar-refractivity contribution is 0.0730. The van der Waals surface area contributed by atoms with Crippen LogP contribution < -0.4 is 5.32 Å². The second-order valence-electron chi connectivity index (χ2n) is 7.67. The summed E-state index contributed by atoms with van der Waals surface area (Å²) in [5.41, 5.74) is 1.19. The van der Waals surface area contributed by atoms with Crippen LogP contribution in [-0.4, -0.2) is 56.6 Å². The highest BCUT2D eigenvalue weighted by Gasteiger charge is 2.26. The number of amides is 1. The van der Waals surface area contributed by atoms with Gasteiger partial charge in [-0.3, -0.25) is 4.79 Å². The lowest BCUT2D eigenvalue weighted by Crippen LogP contribution is -2.40. The number of carbonyl (C=O) groups is 1. The van der Waals surface area contributed by atoms with Crippen LogP contribution in [0.5, 0.6) is 0 Å². The molecule has 3 aromatic carbocycles. The van der Waals surface area contributed by atoms with Crippen LogP contribution in [0.1, 0.15) is 28.4 Å². The van der Waals surface area contributed by atoms with E-state index in [4.69, 9.17) is 4.74 Å². The average Bonchev–Trinajstić information content (AvgIpc) is 2.84. The first kappa shape index (κ1) is 22.4. The lowest BCUT2D eigenvalue weighted by Gasteiger charge is -2.26. The molecule has 32 heavy (non-hydrogen) atoms. The number of aliphatic hydroxyl groups is 1. The molecule has 0 saturated carbocycles. The Hall–Kier alpha value is -2.78. The number of carbonyl (C=O) groups excluding carboxylic acids is 1. The van der Waals surface area contributed by atoms with Crippen LogP contribution in [0.15, 0.2) is 71.6 Å². The Labute approximate surface area is 187 Å². The number of nitrogens with one attached hydrogen (secondary N) is 1. The molecule has 3 aromatic rings. The van der Waals surface area contributed by atoms with E-state index < -0.39 is 16.1 Å². The maximum atomic E-state index is 12.7. The summed E-state index contributed by atoms with van der Waals surface area (Å²) in [5, 5.41) is 15.5. The highest BCUT2D eigenvalue weighted by molar-refractivity contribution is 7.89. The van der Waals surface area contributed by atoms with Crippen LogP contribution in [0.3, 0.4) is 0 Å². The molecule has 4 rings (SSSR count). The SMILES string of the molecule is O=C(NCCC(O)c1cccc2ccccc12)c1ccc(S(=O)(=O)N2CCOCC2)cc1. The molecule has 8 heteroatoms. The van der Waals surface area contributed by atoms with Crippen molar-refractivity contribution in [1.82, 2.24) is 9.62 Å². The third kappa shape index (κ3) is 4.83. The van der Waals surface area contributed by atoms with E-state index in [0.29, 0.717) is 38.3 Å². The summed E-state index contributed by atoms with van der Waals surface area (Å²) < 4.78 is 32.0. The minimum absolute atomic E-state index is 0.155. The predicted molar refractivity (Wildman–Crippen MR) is 122 cm³/mol. The first-order chi connectivity index (χ1) is 15.5. The molecule has 0 bridgehead atoms. The van der Waals surface area contributed by atoms with Crippen molar-refractivity contribution in [1.29, 1.82) is 0 Å². The fraction of sp³-hybridized carbons (Fsp3) is 0.292. The van der Waals surface area contributed by atoms with Gasteiger partial charge in [-0.15, -0.1) is 0 Å². The fourth-order valence-electron chi connectivity index (χ4n) is 3.84. The highest BCUT2D eigenvalue weighted by atomic mass is 32.2. The van der Waals surface area contributed by atoms with Crippen molar-refractivity contribution in [3.8, 4) is 0 Å². The molecule has 168 valence electrons. The van der Waals surface area contributed by atoms with Gasteiger partial charge in [0.2, 0.25) is 10.0 Å². The molecule has 0 spiro atoms. The van der Waals surface area contributed by atoms with Crippen molar-refractivity contribution in [2.75, 3.05) is 32.8 Å². The molecular weight excluding hydrogens is 428 g/mol. The molecule has 2 N–H and O–H groups in total. The average molecular weight is 455 g/mol. The number of rotatable bonds is 7. The van der Waals surface area contributed by atoms with Crippen molar-refractivity contribution < 1.29 is 23.1 Å². The molecule has 1 unspecified atom stereocenters. The summed E-state index contributed by atoms with van der Waals surface area (Å²) >= 11 is 0. The number of hydrogen-bond donors (Lipinski definition) is 2. The van der Waals surface area contributed by atoms with Crippen molar-refractivity contribution in [2.45, 2.75) is 17.4 Å². The van der Waals surface area contributed by atoms with E-state index in [1.54, 1.807) is 0 Å². The number of aliphatic hydroxyl groups excluding tert-OH is 1. The number of morpholine rings is 1. The summed E-state index contributed by atoms with van der Waals surface area (Å²) in [6.07, 6.45) is -0.342. The van der Waals surface area contributed by atoms with E-state index in [1.165, 1.54) is 28.6 Å². The van der Waals surface area contributed by atoms with Gasteiger partial charge in [-0.05, 0) is 47.0 Å². The molecule has 1 atom stereocenters. The maximum absolute atomic E-state index is 12.7. The quantitative estimate of drug-likeness (QED) is 0.572. The largest absolute Gasteiger partial charge is 0.388 e. The highest BCUT2D eigenvalue weighted by Crippen LogP contribution is 2.26. The van der Waals surface area contributed by atoms with E-state index in [1.807, 2.05) is 42.5 Å². The van der Waals surface area contributed by atoms with Crippen molar-refractivity contribution in [2.24, 2.45) is 0 Å². The first-order valence-electron chi connectivity index (χ1n) is 10.6. The van der Waals surface area contributed by atoms with Gasteiger partial charge in [-0.25, -0.2) is 8.42 Å². The van der Waals surface area contributed by atoms with Crippen molar-refractivity contribution in [3.63, 3.8) is 0 Å². The van der Waals surface area contributed by atoms with E-state index in [0.717, 1.165) is 16.3 Å². The topological polar surface area (TPSA) is 95.9 Å². The first-order valence-corrected chi connectivity index (χ1v) is 12.0. The van der Waals surface area contributed by atoms with Crippen LogP contribution in [-0.2, 0) is 14.8 Å². The Balaban J connectivity index is 1.35. The predicted octanol–water partition coefficient (Wildman–Crippen LogP) is 2.71. The third-order valence-electron chi connectivity index (χ3n) is 5.61. The van der Waals surface area contributed by atoms with Gasteiger partial charge in [0.05, 0.1) is 24.2 Å². The van der Waals surface area contributed by atoms with Gasteiger partial charge in [-0.1, -0.05) is 42.5 Å². The molecule has 0 aromatic heterocycles. The van der Waals surface area contributed by atoms with Crippen LogP contribution in [0, 0.1) is 0 Å². The van der Waals surface area contributed by atoms with E-state index in [-0.39, 0.29) is 17.3 Å². The molecule has 0 aliphatic carbocycles. The van der Waals surface area contributed by atoms with Crippen molar-refractivity contribution in [3.05, 3.63) is 77.9 Å². The normalized spacial score (nSPS) is 16.0. The van der Waals surface area contributed by atoms with Crippen LogP contribution in [0.2, 0.25) is 0 Å². The second-order valence-corrected chi connectivity index (χ2v) is 9.61. The molecule has 1 amide bonds. The van der Waals surface area contributed by atoms with E-state index in [2.05, 4.69) is 5.32 Å². The minimum atomic E-state index is -3.59. The molecular formula is C24H26N2O5S. The number of fused-ring (bicyclic) bond motifs is 1. The zero-order valence-electron chi connectivity index (χ0n) is 17.6. The van der Waals surface area contributed by atoms with Gasteiger partial charge in [0.15, 0.2) is 0 Å². The molecule has 0 radical (unpaired) electrons. The Bertz CT molecular complexity index is 1180. The van der Waals surface area contributed by atoms with E-state index in [9.17, 15) is 18.3 Å². The van der Waals surface area contributed by atoms with Gasteiger partial charge in [0.1, 0.15) is 0 Å². The second kappa shape index (κ2) is 9.79. The Morgan fingerprint density at radius 3 is 2.44 bits per heavy atom. The standard InChI is InChI=1S/C24H26N2O5S/c27-23(22-7-3-5-18-4-1-2-6-21(18)22)12-13-25-24(28)19-8-10-20(11-9-19)32(29,30)26-14-16-31-17-15-26/h1-11,23,27H,12-17H2,(H,25,28). The van der Waals surface area contributed by atoms with Gasteiger partial charge in [0.25, 0.3) is 5.91 Å². The number of benzene rings is 3. The van der Waals surface area contributed by atoms with Gasteiger partial charge in [0, 0.05) is 25.2 Å². The molecule has 7 nitrogen and oxygen atoms in total. The zero-order chi connectivity index (χ0) is 22.6. The smallest absolute Gasteiger partial charge is 0.251 e. The molecule has 1 aliphatic rings. The monoisotopic (exact) mass is 454 g/mol. The molecule has 1 saturated heterocycles.